The number of benzene rings is 7. The van der Waals surface area contributed by atoms with Crippen LogP contribution in [0.5, 0.6) is 5.75 Å². The van der Waals surface area contributed by atoms with Crippen LogP contribution in [0, 0.1) is 6.07 Å². The Balaban J connectivity index is 0.00000596. The summed E-state index contributed by atoms with van der Waals surface area (Å²) in [6.07, 6.45) is 3.81. The molecular formula is C64H56N5O2Pt-. The number of phenolic OH excluding ortho intramolecular Hbond substituents is 1. The van der Waals surface area contributed by atoms with E-state index in [-0.39, 0.29) is 43.1 Å². The van der Waals surface area contributed by atoms with Crippen molar-refractivity contribution >= 4 is 33.0 Å². The van der Waals surface area contributed by atoms with E-state index in [4.69, 9.17) is 14.4 Å². The van der Waals surface area contributed by atoms with Crippen LogP contribution in [0.25, 0.3) is 106 Å². The van der Waals surface area contributed by atoms with Crippen molar-refractivity contribution < 1.29 is 30.6 Å². The number of phenols is 1. The fourth-order valence-corrected chi connectivity index (χ4v) is 9.62. The molecule has 8 heteroatoms. The summed E-state index contributed by atoms with van der Waals surface area (Å²) in [4.78, 5) is 20.2. The molecule has 72 heavy (non-hydrogen) atoms. The molecule has 0 aliphatic carbocycles. The number of furan rings is 1. The van der Waals surface area contributed by atoms with Gasteiger partial charge in [0.15, 0.2) is 0 Å². The van der Waals surface area contributed by atoms with E-state index in [1.165, 1.54) is 0 Å². The van der Waals surface area contributed by atoms with Gasteiger partial charge in [-0.15, -0.1) is 18.2 Å². The van der Waals surface area contributed by atoms with E-state index in [0.29, 0.717) is 22.7 Å². The molecule has 0 atom stereocenters. The number of hydrogen-bond donors (Lipinski definition) is 1. The molecule has 0 saturated carbocycles. The van der Waals surface area contributed by atoms with E-state index < -0.39 is 0 Å². The summed E-state index contributed by atoms with van der Waals surface area (Å²) in [5.74, 6) is 1.77. The molecule has 7 aromatic carbocycles. The van der Waals surface area contributed by atoms with Gasteiger partial charge in [-0.05, 0) is 75.0 Å². The van der Waals surface area contributed by atoms with Crippen LogP contribution < -0.4 is 0 Å². The van der Waals surface area contributed by atoms with Crippen LogP contribution in [-0.2, 0) is 37.3 Å². The van der Waals surface area contributed by atoms with Gasteiger partial charge in [0.2, 0.25) is 0 Å². The minimum atomic E-state index is -0.284. The molecule has 0 spiro atoms. The third-order valence-corrected chi connectivity index (χ3v) is 13.5. The number of aromatic hydroxyl groups is 1. The van der Waals surface area contributed by atoms with E-state index in [0.717, 1.165) is 100 Å². The zero-order valence-electron chi connectivity index (χ0n) is 42.1. The Hall–Kier alpha value is -7.47. The molecule has 0 saturated heterocycles. The largest absolute Gasteiger partial charge is 0.507 e. The van der Waals surface area contributed by atoms with Crippen molar-refractivity contribution in [3.8, 4) is 78.7 Å². The molecule has 360 valence electrons. The van der Waals surface area contributed by atoms with Crippen molar-refractivity contribution in [3.05, 3.63) is 193 Å². The molecule has 0 aliphatic heterocycles. The van der Waals surface area contributed by atoms with Crippen LogP contribution in [0.4, 0.5) is 0 Å². The number of pyridine rings is 1. The van der Waals surface area contributed by atoms with Gasteiger partial charge in [-0.1, -0.05) is 182 Å². The van der Waals surface area contributed by atoms with Crippen LogP contribution in [0.3, 0.4) is 0 Å². The summed E-state index contributed by atoms with van der Waals surface area (Å²) in [6.45, 7) is 19.4. The summed E-state index contributed by atoms with van der Waals surface area (Å²) in [5, 5.41) is 13.9. The third-order valence-electron chi connectivity index (χ3n) is 13.5. The summed E-state index contributed by atoms with van der Waals surface area (Å²) in [7, 11) is 0. The summed E-state index contributed by atoms with van der Waals surface area (Å²) < 4.78 is 9.20. The predicted molar refractivity (Wildman–Crippen MR) is 291 cm³/mol. The summed E-state index contributed by atoms with van der Waals surface area (Å²) in [5.41, 5.74) is 15.7. The smallest absolute Gasteiger partial charge is 0.133 e. The van der Waals surface area contributed by atoms with Crippen molar-refractivity contribution in [2.24, 2.45) is 0 Å². The molecule has 11 rings (SSSR count). The summed E-state index contributed by atoms with van der Waals surface area (Å²) in [6, 6.07) is 58.1. The quantitative estimate of drug-likeness (QED) is 0.160. The van der Waals surface area contributed by atoms with Crippen molar-refractivity contribution in [2.45, 2.75) is 78.6 Å². The third kappa shape index (κ3) is 8.74. The maximum absolute atomic E-state index is 11.9. The fourth-order valence-electron chi connectivity index (χ4n) is 9.62. The van der Waals surface area contributed by atoms with Crippen LogP contribution in [-0.4, -0.2) is 29.6 Å². The number of nitrogens with zero attached hydrogens (tertiary/aromatic N) is 5. The van der Waals surface area contributed by atoms with Gasteiger partial charge in [-0.25, -0.2) is 15.0 Å². The second-order valence-electron chi connectivity index (χ2n) is 21.7. The molecule has 0 fully saturated rings. The Morgan fingerprint density at radius 2 is 1.17 bits per heavy atom. The Morgan fingerprint density at radius 1 is 0.528 bits per heavy atom. The van der Waals surface area contributed by atoms with Crippen molar-refractivity contribution in [1.82, 2.24) is 24.5 Å². The maximum Gasteiger partial charge on any atom is 0.133 e. The van der Waals surface area contributed by atoms with Crippen molar-refractivity contribution in [3.63, 3.8) is 0 Å². The Labute approximate surface area is 436 Å². The number of hydrogen-bond acceptors (Lipinski definition) is 6. The number of fused-ring (bicyclic) bond motifs is 4. The zero-order chi connectivity index (χ0) is 49.4. The average Bonchev–Trinajstić information content (AvgIpc) is 3.94. The van der Waals surface area contributed by atoms with Gasteiger partial charge in [0.25, 0.3) is 0 Å². The van der Waals surface area contributed by atoms with Crippen molar-refractivity contribution in [1.29, 1.82) is 0 Å². The Bertz CT molecular complexity index is 3810. The molecule has 11 aromatic rings. The molecule has 4 aromatic heterocycles. The van der Waals surface area contributed by atoms with Crippen LogP contribution in [0.2, 0.25) is 0 Å². The van der Waals surface area contributed by atoms with Gasteiger partial charge < -0.3 is 14.1 Å². The molecule has 7 nitrogen and oxygen atoms in total. The number of rotatable bonds is 7. The molecule has 0 radical (unpaired) electrons. The standard InChI is InChI=1S/C64H56N5O2.Pt/c1-62(2,3)44-35-50(58(70)51(36-44)63(4,5)6)53-25-17-24-52(67-53)48-22-16-27-55-57(48)68-60(69(55)54-26-14-13-20-45(54)41-18-11-10-12-19-41)49-23-15-21-47-46-33-32-42(34-56(46)71-59(47)49)39-28-30-40(31-29-39)43-37-65-61(66-38-43)64(7,8)9;/h10-22,24-38,70H,1-9H3;/q-1;. The number of aromatic nitrogens is 5. The minimum absolute atomic E-state index is 0. The summed E-state index contributed by atoms with van der Waals surface area (Å²) >= 11 is 0. The van der Waals surface area contributed by atoms with Crippen LogP contribution >= 0.6 is 0 Å². The number of para-hydroxylation sites is 2. The predicted octanol–water partition coefficient (Wildman–Crippen LogP) is 16.5. The minimum Gasteiger partial charge on any atom is -0.507 e. The molecule has 4 heterocycles. The molecule has 0 aliphatic rings. The normalized spacial score (nSPS) is 12.2. The van der Waals surface area contributed by atoms with E-state index in [9.17, 15) is 5.11 Å². The van der Waals surface area contributed by atoms with E-state index >= 15 is 0 Å². The van der Waals surface area contributed by atoms with Gasteiger partial charge >= 0.3 is 0 Å². The van der Waals surface area contributed by atoms with E-state index in [1.54, 1.807) is 0 Å². The molecular weight excluding hydrogens is 1070 g/mol. The van der Waals surface area contributed by atoms with Gasteiger partial charge in [0.1, 0.15) is 17.2 Å². The zero-order valence-corrected chi connectivity index (χ0v) is 44.3. The first-order valence-electron chi connectivity index (χ1n) is 24.3. The maximum atomic E-state index is 11.9. The van der Waals surface area contributed by atoms with Crippen LogP contribution in [0.15, 0.2) is 175 Å². The monoisotopic (exact) mass is 1120 g/mol. The van der Waals surface area contributed by atoms with E-state index in [2.05, 4.69) is 210 Å². The van der Waals surface area contributed by atoms with Crippen LogP contribution in [0.1, 0.15) is 79.3 Å². The van der Waals surface area contributed by atoms with Gasteiger partial charge in [0.05, 0.1) is 33.8 Å². The first-order valence-corrected chi connectivity index (χ1v) is 24.3. The Kier molecular flexibility index (Phi) is 12.2. The number of imidazole rings is 1. The molecule has 1 N–H and O–H groups in total. The Morgan fingerprint density at radius 3 is 1.86 bits per heavy atom. The SMILES string of the molecule is CC(C)(C)c1cc(-c2cccc(-c3cccc4c3nc(-c3[c-]ccc5c3oc3cc(-c6ccc(-c7cnc(C(C)(C)C)nc7)cc6)ccc35)n4-c3ccccc3-c3ccccc3)n2)c(O)c(C(C)(C)C)c1.[Pt]. The second-order valence-corrected chi connectivity index (χ2v) is 21.7. The average molecular weight is 1120 g/mol. The van der Waals surface area contributed by atoms with Gasteiger partial charge in [0, 0.05) is 77.8 Å². The first kappa shape index (κ1) is 48.2. The topological polar surface area (TPSA) is 89.9 Å². The second kappa shape index (κ2) is 18.3. The molecule has 0 unspecified atom stereocenters. The van der Waals surface area contributed by atoms with E-state index in [1.807, 2.05) is 42.7 Å². The van der Waals surface area contributed by atoms with Crippen molar-refractivity contribution in [2.75, 3.05) is 0 Å². The van der Waals surface area contributed by atoms with Gasteiger partial charge in [-0.2, -0.15) is 0 Å². The van der Waals surface area contributed by atoms with Gasteiger partial charge in [-0.3, -0.25) is 4.98 Å². The fraction of sp³-hybridized carbons (Fsp3) is 0.188. The molecule has 0 amide bonds. The molecule has 0 bridgehead atoms. The first-order chi connectivity index (χ1) is 34.0.